The Morgan fingerprint density at radius 1 is 0.909 bits per heavy atom. The summed E-state index contributed by atoms with van der Waals surface area (Å²) in [6, 6.07) is 27.2. The molecule has 0 saturated heterocycles. The summed E-state index contributed by atoms with van der Waals surface area (Å²) in [6.45, 7) is 5.35. The molecule has 1 heterocycles. The highest BCUT2D eigenvalue weighted by molar-refractivity contribution is 6.02. The van der Waals surface area contributed by atoms with Crippen molar-refractivity contribution in [3.05, 3.63) is 101 Å². The summed E-state index contributed by atoms with van der Waals surface area (Å²) in [5.41, 5.74) is 7.78. The van der Waals surface area contributed by atoms with Crippen molar-refractivity contribution >= 4 is 11.5 Å². The van der Waals surface area contributed by atoms with Crippen molar-refractivity contribution in [3.8, 4) is 11.1 Å². The largest absolute Gasteiger partial charge is 0.380 e. The lowest BCUT2D eigenvalue weighted by atomic mass is 9.91. The molecule has 4 rings (SSSR count). The SMILES string of the molecule is CCN(Cc1cccc(COC)c1)C(=O)C1=C(c2cccc(-c3ccccc3)c2)CCNC1. The van der Waals surface area contributed by atoms with Gasteiger partial charge < -0.3 is 15.0 Å². The lowest BCUT2D eigenvalue weighted by Gasteiger charge is -2.27. The number of carbonyl (C=O) groups is 1. The Bertz CT molecular complexity index is 1120. The van der Waals surface area contributed by atoms with Crippen LogP contribution in [0.2, 0.25) is 0 Å². The van der Waals surface area contributed by atoms with Gasteiger partial charge in [0.1, 0.15) is 0 Å². The van der Waals surface area contributed by atoms with Crippen molar-refractivity contribution in [2.75, 3.05) is 26.7 Å². The minimum Gasteiger partial charge on any atom is -0.380 e. The first-order valence-corrected chi connectivity index (χ1v) is 11.6. The van der Waals surface area contributed by atoms with E-state index in [1.165, 1.54) is 11.1 Å². The van der Waals surface area contributed by atoms with Crippen molar-refractivity contribution < 1.29 is 9.53 Å². The summed E-state index contributed by atoms with van der Waals surface area (Å²) in [6.07, 6.45) is 0.847. The van der Waals surface area contributed by atoms with E-state index in [0.717, 1.165) is 40.8 Å². The minimum absolute atomic E-state index is 0.113. The van der Waals surface area contributed by atoms with E-state index in [4.69, 9.17) is 4.74 Å². The van der Waals surface area contributed by atoms with Crippen LogP contribution >= 0.6 is 0 Å². The third-order valence-electron chi connectivity index (χ3n) is 6.14. The predicted molar refractivity (Wildman–Crippen MR) is 135 cm³/mol. The minimum atomic E-state index is 0.113. The lowest BCUT2D eigenvalue weighted by Crippen LogP contribution is -2.37. The highest BCUT2D eigenvalue weighted by Gasteiger charge is 2.24. The van der Waals surface area contributed by atoms with Crippen molar-refractivity contribution in [1.29, 1.82) is 0 Å². The van der Waals surface area contributed by atoms with Gasteiger partial charge >= 0.3 is 0 Å². The van der Waals surface area contributed by atoms with Gasteiger partial charge in [-0.1, -0.05) is 72.8 Å². The van der Waals surface area contributed by atoms with Gasteiger partial charge in [-0.05, 0) is 59.3 Å². The average Bonchev–Trinajstić information content (AvgIpc) is 2.88. The zero-order valence-corrected chi connectivity index (χ0v) is 19.5. The summed E-state index contributed by atoms with van der Waals surface area (Å²) in [5, 5.41) is 3.41. The molecule has 0 aliphatic carbocycles. The van der Waals surface area contributed by atoms with E-state index in [1.807, 2.05) is 24.0 Å². The maximum atomic E-state index is 13.7. The molecule has 0 saturated carbocycles. The molecule has 0 bridgehead atoms. The van der Waals surface area contributed by atoms with E-state index in [-0.39, 0.29) is 5.91 Å². The highest BCUT2D eigenvalue weighted by atomic mass is 16.5. The molecule has 0 spiro atoms. The Labute approximate surface area is 196 Å². The number of rotatable bonds is 8. The molecule has 0 aromatic heterocycles. The van der Waals surface area contributed by atoms with Crippen LogP contribution in [0.3, 0.4) is 0 Å². The third-order valence-corrected chi connectivity index (χ3v) is 6.14. The second-order valence-corrected chi connectivity index (χ2v) is 8.40. The summed E-state index contributed by atoms with van der Waals surface area (Å²) in [7, 11) is 1.70. The van der Waals surface area contributed by atoms with Gasteiger partial charge in [-0.25, -0.2) is 0 Å². The number of carbonyl (C=O) groups excluding carboxylic acids is 1. The first kappa shape index (κ1) is 23.0. The number of nitrogens with zero attached hydrogens (tertiary/aromatic N) is 1. The van der Waals surface area contributed by atoms with Gasteiger partial charge in [-0.2, -0.15) is 0 Å². The van der Waals surface area contributed by atoms with Crippen LogP contribution in [0, 0.1) is 0 Å². The molecule has 1 N–H and O–H groups in total. The number of nitrogens with one attached hydrogen (secondary N) is 1. The summed E-state index contributed by atoms with van der Waals surface area (Å²) < 4.78 is 5.27. The maximum Gasteiger partial charge on any atom is 0.251 e. The van der Waals surface area contributed by atoms with E-state index >= 15 is 0 Å². The molecule has 3 aromatic rings. The van der Waals surface area contributed by atoms with Crippen molar-refractivity contribution in [1.82, 2.24) is 10.2 Å². The smallest absolute Gasteiger partial charge is 0.251 e. The van der Waals surface area contributed by atoms with Crippen molar-refractivity contribution in [3.63, 3.8) is 0 Å². The molecule has 4 nitrogen and oxygen atoms in total. The van der Waals surface area contributed by atoms with Crippen molar-refractivity contribution in [2.24, 2.45) is 0 Å². The fraction of sp³-hybridized carbons (Fsp3) is 0.276. The Morgan fingerprint density at radius 2 is 1.64 bits per heavy atom. The van der Waals surface area contributed by atoms with Gasteiger partial charge in [0, 0.05) is 32.3 Å². The maximum absolute atomic E-state index is 13.7. The van der Waals surface area contributed by atoms with Gasteiger partial charge in [-0.3, -0.25) is 4.79 Å². The van der Waals surface area contributed by atoms with Gasteiger partial charge in [0.2, 0.25) is 0 Å². The zero-order valence-electron chi connectivity index (χ0n) is 19.5. The zero-order chi connectivity index (χ0) is 23.0. The van der Waals surface area contributed by atoms with Crippen LogP contribution in [-0.4, -0.2) is 37.6 Å². The highest BCUT2D eigenvalue weighted by Crippen LogP contribution is 2.30. The van der Waals surface area contributed by atoms with Crippen LogP contribution in [0.4, 0.5) is 0 Å². The Balaban J connectivity index is 1.63. The molecular formula is C29H32N2O2. The monoisotopic (exact) mass is 440 g/mol. The molecule has 0 unspecified atom stereocenters. The number of ether oxygens (including phenoxy) is 1. The normalized spacial score (nSPS) is 13.8. The van der Waals surface area contributed by atoms with E-state index in [2.05, 4.69) is 72.0 Å². The van der Waals surface area contributed by atoms with E-state index < -0.39 is 0 Å². The Hall–Kier alpha value is -3.21. The van der Waals surface area contributed by atoms with Crippen LogP contribution in [0.25, 0.3) is 16.7 Å². The second kappa shape index (κ2) is 11.1. The van der Waals surface area contributed by atoms with E-state index in [1.54, 1.807) is 7.11 Å². The third kappa shape index (κ3) is 5.59. The van der Waals surface area contributed by atoms with Crippen LogP contribution in [-0.2, 0) is 22.7 Å². The predicted octanol–water partition coefficient (Wildman–Crippen LogP) is 5.30. The van der Waals surface area contributed by atoms with Gasteiger partial charge in [0.05, 0.1) is 6.61 Å². The fourth-order valence-electron chi connectivity index (χ4n) is 4.45. The van der Waals surface area contributed by atoms with Crippen LogP contribution in [0.15, 0.2) is 84.4 Å². The second-order valence-electron chi connectivity index (χ2n) is 8.40. The summed E-state index contributed by atoms with van der Waals surface area (Å²) in [5.74, 6) is 0.113. The molecular weight excluding hydrogens is 408 g/mol. The van der Waals surface area contributed by atoms with Gasteiger partial charge in [0.25, 0.3) is 5.91 Å². The van der Waals surface area contributed by atoms with Crippen LogP contribution < -0.4 is 5.32 Å². The fourth-order valence-corrected chi connectivity index (χ4v) is 4.45. The Morgan fingerprint density at radius 3 is 2.42 bits per heavy atom. The average molecular weight is 441 g/mol. The van der Waals surface area contributed by atoms with Gasteiger partial charge in [0.15, 0.2) is 0 Å². The first-order valence-electron chi connectivity index (χ1n) is 11.6. The first-order chi connectivity index (χ1) is 16.2. The van der Waals surface area contributed by atoms with E-state index in [0.29, 0.717) is 26.2 Å². The number of hydrogen-bond donors (Lipinski definition) is 1. The number of hydrogen-bond acceptors (Lipinski definition) is 3. The van der Waals surface area contributed by atoms with Crippen molar-refractivity contribution in [2.45, 2.75) is 26.5 Å². The molecule has 33 heavy (non-hydrogen) atoms. The Kier molecular flexibility index (Phi) is 7.71. The number of methoxy groups -OCH3 is 1. The summed E-state index contributed by atoms with van der Waals surface area (Å²) >= 11 is 0. The lowest BCUT2D eigenvalue weighted by molar-refractivity contribution is -0.127. The molecule has 3 aromatic carbocycles. The molecule has 0 fully saturated rings. The quantitative estimate of drug-likeness (QED) is 0.517. The summed E-state index contributed by atoms with van der Waals surface area (Å²) in [4.78, 5) is 15.6. The molecule has 0 atom stereocenters. The molecule has 4 heteroatoms. The molecule has 1 aliphatic heterocycles. The molecule has 170 valence electrons. The number of amides is 1. The van der Waals surface area contributed by atoms with Gasteiger partial charge in [-0.15, -0.1) is 0 Å². The van der Waals surface area contributed by atoms with E-state index in [9.17, 15) is 4.79 Å². The standard InChI is InChI=1S/C29H32N2O2/c1-3-31(20-22-9-7-10-23(17-22)21-33-2)29(32)28-19-30-16-15-27(28)26-14-8-13-25(18-26)24-11-5-4-6-12-24/h4-14,17-18,30H,3,15-16,19-21H2,1-2H3. The topological polar surface area (TPSA) is 41.6 Å². The molecule has 1 amide bonds. The number of benzene rings is 3. The number of likely N-dealkylation sites (N-methyl/N-ethyl adjacent to an activating group) is 1. The van der Waals surface area contributed by atoms with Crippen LogP contribution in [0.5, 0.6) is 0 Å². The molecule has 1 aliphatic rings. The molecule has 0 radical (unpaired) electrons. The van der Waals surface area contributed by atoms with Crippen LogP contribution in [0.1, 0.15) is 30.0 Å².